The van der Waals surface area contributed by atoms with E-state index >= 15 is 0 Å². The van der Waals surface area contributed by atoms with Crippen LogP contribution in [0, 0.1) is 0 Å². The first-order valence-electron chi connectivity index (χ1n) is 8.00. The van der Waals surface area contributed by atoms with E-state index in [-0.39, 0.29) is 5.91 Å². The first-order chi connectivity index (χ1) is 11.3. The molecule has 0 unspecified atom stereocenters. The van der Waals surface area contributed by atoms with E-state index in [0.717, 1.165) is 11.3 Å². The summed E-state index contributed by atoms with van der Waals surface area (Å²) in [6, 6.07) is 3.52. The van der Waals surface area contributed by atoms with Crippen molar-refractivity contribution in [2.24, 2.45) is 0 Å². The number of aromatic nitrogens is 3. The molecule has 23 heavy (non-hydrogen) atoms. The minimum Gasteiger partial charge on any atom is -0.345 e. The number of rotatable bonds is 6. The smallest absolute Gasteiger partial charge is 0.227 e. The van der Waals surface area contributed by atoms with E-state index < -0.39 is 0 Å². The molecule has 7 heteroatoms. The van der Waals surface area contributed by atoms with Crippen molar-refractivity contribution < 1.29 is 9.59 Å². The number of carbonyl (C=O) groups is 2. The lowest BCUT2D eigenvalue weighted by molar-refractivity contribution is -0.116. The molecule has 1 aliphatic carbocycles. The van der Waals surface area contributed by atoms with Crippen LogP contribution in [0.25, 0.3) is 0 Å². The molecule has 0 saturated heterocycles. The predicted molar refractivity (Wildman–Crippen MR) is 88.8 cm³/mol. The van der Waals surface area contributed by atoms with Crippen LogP contribution in [0.3, 0.4) is 0 Å². The van der Waals surface area contributed by atoms with E-state index in [1.165, 1.54) is 43.4 Å². The van der Waals surface area contributed by atoms with Crippen molar-refractivity contribution in [1.82, 2.24) is 14.8 Å². The van der Waals surface area contributed by atoms with Crippen molar-refractivity contribution in [3.8, 4) is 0 Å². The number of nitrogens with zero attached hydrogens (tertiary/aromatic N) is 3. The maximum absolute atomic E-state index is 12.0. The average Bonchev–Trinajstić information content (AvgIpc) is 3.22. The van der Waals surface area contributed by atoms with Crippen LogP contribution >= 0.6 is 11.3 Å². The van der Waals surface area contributed by atoms with Gasteiger partial charge >= 0.3 is 0 Å². The number of nitrogens with one attached hydrogen (secondary N) is 1. The minimum absolute atomic E-state index is 0.109. The number of hydrogen-bond acceptors (Lipinski definition) is 5. The molecule has 1 amide bonds. The molecule has 3 rings (SSSR count). The fraction of sp³-hybridized carbons (Fsp3) is 0.500. The maximum atomic E-state index is 12.0. The number of aldehydes is 1. The lowest BCUT2D eigenvalue weighted by atomic mass is 9.90. The summed E-state index contributed by atoms with van der Waals surface area (Å²) in [6.45, 7) is 0.473. The second-order valence-corrected chi connectivity index (χ2v) is 6.83. The number of anilines is 1. The highest BCUT2D eigenvalue weighted by molar-refractivity contribution is 7.15. The Hall–Kier alpha value is -2.02. The monoisotopic (exact) mass is 332 g/mol. The second kappa shape index (κ2) is 7.50. The van der Waals surface area contributed by atoms with Crippen LogP contribution in [0.2, 0.25) is 0 Å². The summed E-state index contributed by atoms with van der Waals surface area (Å²) < 4.78 is 1.76. The molecule has 0 radical (unpaired) electrons. The minimum atomic E-state index is -0.109. The molecule has 122 valence electrons. The molecule has 0 aromatic carbocycles. The zero-order chi connectivity index (χ0) is 16.1. The molecule has 2 heterocycles. The van der Waals surface area contributed by atoms with Gasteiger partial charge in [-0.05, 0) is 25.0 Å². The molecule has 2 aromatic rings. The van der Waals surface area contributed by atoms with Crippen molar-refractivity contribution in [3.05, 3.63) is 29.0 Å². The lowest BCUT2D eigenvalue weighted by Gasteiger charge is -2.18. The largest absolute Gasteiger partial charge is 0.345 e. The third-order valence-electron chi connectivity index (χ3n) is 4.21. The topological polar surface area (TPSA) is 76.9 Å². The second-order valence-electron chi connectivity index (χ2n) is 5.82. The van der Waals surface area contributed by atoms with Crippen molar-refractivity contribution in [3.63, 3.8) is 0 Å². The Morgan fingerprint density at radius 2 is 2.17 bits per heavy atom. The lowest BCUT2D eigenvalue weighted by Crippen LogP contribution is -2.14. The van der Waals surface area contributed by atoms with Gasteiger partial charge in [0.05, 0.1) is 5.69 Å². The van der Waals surface area contributed by atoms with Crippen LogP contribution in [-0.2, 0) is 11.3 Å². The average molecular weight is 332 g/mol. The highest BCUT2D eigenvalue weighted by Gasteiger charge is 2.20. The van der Waals surface area contributed by atoms with Crippen LogP contribution < -0.4 is 5.32 Å². The van der Waals surface area contributed by atoms with E-state index in [1.54, 1.807) is 22.9 Å². The Labute approximate surface area is 138 Å². The molecule has 1 fully saturated rings. The van der Waals surface area contributed by atoms with Gasteiger partial charge in [-0.15, -0.1) is 10.2 Å². The first-order valence-corrected chi connectivity index (χ1v) is 8.81. The van der Waals surface area contributed by atoms with E-state index in [9.17, 15) is 9.59 Å². The summed E-state index contributed by atoms with van der Waals surface area (Å²) in [5.74, 6) is 0.392. The van der Waals surface area contributed by atoms with Crippen molar-refractivity contribution in [2.75, 3.05) is 5.32 Å². The molecule has 1 aliphatic rings. The molecule has 0 aliphatic heterocycles. The molecule has 2 aromatic heterocycles. The van der Waals surface area contributed by atoms with Gasteiger partial charge in [-0.1, -0.05) is 30.6 Å². The van der Waals surface area contributed by atoms with Gasteiger partial charge < -0.3 is 9.88 Å². The zero-order valence-corrected chi connectivity index (χ0v) is 13.7. The summed E-state index contributed by atoms with van der Waals surface area (Å²) in [4.78, 5) is 22.9. The van der Waals surface area contributed by atoms with Gasteiger partial charge in [-0.25, -0.2) is 0 Å². The summed E-state index contributed by atoms with van der Waals surface area (Å²) in [5, 5.41) is 12.7. The molecule has 6 nitrogen and oxygen atoms in total. The molecular formula is C16H20N4O2S. The number of hydrogen-bond donors (Lipinski definition) is 1. The van der Waals surface area contributed by atoms with Crippen LogP contribution in [0.1, 0.15) is 59.9 Å². The molecule has 0 bridgehead atoms. The predicted octanol–water partition coefficient (Wildman–Crippen LogP) is 3.23. The van der Waals surface area contributed by atoms with Crippen molar-refractivity contribution >= 4 is 28.7 Å². The Morgan fingerprint density at radius 1 is 1.35 bits per heavy atom. The fourth-order valence-electron chi connectivity index (χ4n) is 2.94. The Kier molecular flexibility index (Phi) is 5.17. The van der Waals surface area contributed by atoms with E-state index in [1.807, 2.05) is 0 Å². The Morgan fingerprint density at radius 3 is 2.96 bits per heavy atom. The highest BCUT2D eigenvalue weighted by atomic mass is 32.1. The van der Waals surface area contributed by atoms with Gasteiger partial charge in [-0.2, -0.15) is 0 Å². The molecule has 0 atom stereocenters. The van der Waals surface area contributed by atoms with Crippen molar-refractivity contribution in [1.29, 1.82) is 0 Å². The van der Waals surface area contributed by atoms with Gasteiger partial charge in [0, 0.05) is 25.1 Å². The first kappa shape index (κ1) is 15.9. The number of amides is 1. The molecule has 1 N–H and O–H groups in total. The molecular weight excluding hydrogens is 312 g/mol. The number of carbonyl (C=O) groups excluding carboxylic acids is 2. The Balaban J connectivity index is 1.51. The van der Waals surface area contributed by atoms with Gasteiger partial charge in [0.15, 0.2) is 6.29 Å². The van der Waals surface area contributed by atoms with Crippen molar-refractivity contribution in [2.45, 2.75) is 51.0 Å². The van der Waals surface area contributed by atoms with Crippen LogP contribution in [0.4, 0.5) is 5.13 Å². The van der Waals surface area contributed by atoms with Crippen LogP contribution in [0.5, 0.6) is 0 Å². The molecule has 0 spiro atoms. The van der Waals surface area contributed by atoms with Crippen LogP contribution in [0.15, 0.2) is 18.3 Å². The maximum Gasteiger partial charge on any atom is 0.227 e. The zero-order valence-electron chi connectivity index (χ0n) is 12.9. The summed E-state index contributed by atoms with van der Waals surface area (Å²) >= 11 is 1.48. The SMILES string of the molecule is O=Cc1cccn1CCC(=O)Nc1nnc(C2CCCCC2)s1. The van der Waals surface area contributed by atoms with Gasteiger partial charge in [0.2, 0.25) is 11.0 Å². The van der Waals surface area contributed by atoms with Gasteiger partial charge in [-0.3, -0.25) is 9.59 Å². The van der Waals surface area contributed by atoms with E-state index in [0.29, 0.717) is 29.7 Å². The van der Waals surface area contributed by atoms with E-state index in [4.69, 9.17) is 0 Å². The number of aryl methyl sites for hydroxylation is 1. The summed E-state index contributed by atoms with van der Waals surface area (Å²) in [5.41, 5.74) is 0.577. The van der Waals surface area contributed by atoms with Gasteiger partial charge in [0.1, 0.15) is 5.01 Å². The summed E-state index contributed by atoms with van der Waals surface area (Å²) in [7, 11) is 0. The molecule has 1 saturated carbocycles. The van der Waals surface area contributed by atoms with E-state index in [2.05, 4.69) is 15.5 Å². The Bertz CT molecular complexity index is 673. The third-order valence-corrected chi connectivity index (χ3v) is 5.21. The standard InChI is InChI=1S/C16H20N4O2S/c21-11-13-7-4-9-20(13)10-8-14(22)17-16-19-18-15(23-16)12-5-2-1-3-6-12/h4,7,9,11-12H,1-3,5-6,8,10H2,(H,17,19,22). The van der Waals surface area contributed by atoms with Crippen LogP contribution in [-0.4, -0.2) is 27.0 Å². The van der Waals surface area contributed by atoms with Gasteiger partial charge in [0.25, 0.3) is 0 Å². The fourth-order valence-corrected chi connectivity index (χ4v) is 3.87. The summed E-state index contributed by atoms with van der Waals surface area (Å²) in [6.07, 6.45) is 9.04. The normalized spacial score (nSPS) is 15.5. The quantitative estimate of drug-likeness (QED) is 0.824. The highest BCUT2D eigenvalue weighted by Crippen LogP contribution is 2.35. The third kappa shape index (κ3) is 4.04.